The molecule has 2 aliphatic rings. The first-order chi connectivity index (χ1) is 10.7. The average molecular weight is 306 g/mol. The van der Waals surface area contributed by atoms with E-state index in [1.165, 1.54) is 51.4 Å². The molecule has 2 nitrogen and oxygen atoms in total. The molecule has 2 aliphatic carbocycles. The Labute approximate surface area is 136 Å². The van der Waals surface area contributed by atoms with E-state index in [0.29, 0.717) is 0 Å². The monoisotopic (exact) mass is 306 g/mol. The molecule has 0 N–H and O–H groups in total. The zero-order valence-electron chi connectivity index (χ0n) is 14.6. The molecule has 0 heterocycles. The zero-order valence-corrected chi connectivity index (χ0v) is 14.6. The first-order valence-corrected chi connectivity index (χ1v) is 9.60. The number of carbonyl (C=O) groups is 1. The van der Waals surface area contributed by atoms with Crippen molar-refractivity contribution in [2.45, 2.75) is 90.6 Å². The Hall–Kier alpha value is -0.790. The van der Waals surface area contributed by atoms with Crippen LogP contribution >= 0.6 is 0 Å². The Kier molecular flexibility index (Phi) is 7.48. The van der Waals surface area contributed by atoms with Crippen LogP contribution in [0, 0.1) is 17.8 Å². The van der Waals surface area contributed by atoms with Gasteiger partial charge in [0.2, 0.25) is 0 Å². The highest BCUT2D eigenvalue weighted by molar-refractivity contribution is 5.82. The molecule has 0 aromatic carbocycles. The summed E-state index contributed by atoms with van der Waals surface area (Å²) in [4.78, 5) is 11.6. The van der Waals surface area contributed by atoms with E-state index in [2.05, 4.69) is 6.92 Å². The van der Waals surface area contributed by atoms with Crippen LogP contribution in [0.4, 0.5) is 0 Å². The van der Waals surface area contributed by atoms with Gasteiger partial charge in [-0.1, -0.05) is 45.6 Å². The molecule has 2 fully saturated rings. The summed E-state index contributed by atoms with van der Waals surface area (Å²) < 4.78 is 5.55. The Bertz CT molecular complexity index is 345. The van der Waals surface area contributed by atoms with E-state index >= 15 is 0 Å². The van der Waals surface area contributed by atoms with Crippen LogP contribution in [0.15, 0.2) is 12.2 Å². The van der Waals surface area contributed by atoms with E-state index in [-0.39, 0.29) is 12.1 Å². The standard InChI is InChI=1S/C20H34O2/c1-3-5-7-20(21)22-19-14-12-18(13-15-19)17-10-8-16(6-4-2)9-11-17/h5,7,16-19H,3-4,6,8-15H2,1-2H3/b7-5+. The largest absolute Gasteiger partial charge is 0.459 e. The van der Waals surface area contributed by atoms with Crippen LogP contribution in [0.2, 0.25) is 0 Å². The Morgan fingerprint density at radius 1 is 0.955 bits per heavy atom. The highest BCUT2D eigenvalue weighted by atomic mass is 16.5. The number of allylic oxidation sites excluding steroid dienone is 1. The second-order valence-corrected chi connectivity index (χ2v) is 7.35. The summed E-state index contributed by atoms with van der Waals surface area (Å²) in [5.41, 5.74) is 0. The fraction of sp³-hybridized carbons (Fsp3) is 0.850. The fourth-order valence-electron chi connectivity index (χ4n) is 4.45. The van der Waals surface area contributed by atoms with Crippen molar-refractivity contribution in [1.29, 1.82) is 0 Å². The molecular weight excluding hydrogens is 272 g/mol. The number of esters is 1. The number of carbonyl (C=O) groups excluding carboxylic acids is 1. The van der Waals surface area contributed by atoms with Gasteiger partial charge in [0, 0.05) is 6.08 Å². The van der Waals surface area contributed by atoms with Gasteiger partial charge in [0.25, 0.3) is 0 Å². The predicted octanol–water partition coefficient (Wildman–Crippen LogP) is 5.66. The number of hydrogen-bond donors (Lipinski definition) is 0. The van der Waals surface area contributed by atoms with Gasteiger partial charge in [0.1, 0.15) is 6.10 Å². The molecule has 0 aliphatic heterocycles. The number of rotatable bonds is 6. The molecule has 0 spiro atoms. The molecule has 22 heavy (non-hydrogen) atoms. The van der Waals surface area contributed by atoms with Crippen molar-refractivity contribution in [3.8, 4) is 0 Å². The van der Waals surface area contributed by atoms with Crippen LogP contribution in [-0.4, -0.2) is 12.1 Å². The molecule has 0 atom stereocenters. The minimum absolute atomic E-state index is 0.148. The lowest BCUT2D eigenvalue weighted by Crippen LogP contribution is -2.29. The third-order valence-electron chi connectivity index (χ3n) is 5.75. The topological polar surface area (TPSA) is 26.3 Å². The van der Waals surface area contributed by atoms with Gasteiger partial charge in [-0.2, -0.15) is 0 Å². The molecule has 0 unspecified atom stereocenters. The lowest BCUT2D eigenvalue weighted by Gasteiger charge is -2.37. The summed E-state index contributed by atoms with van der Waals surface area (Å²) >= 11 is 0. The van der Waals surface area contributed by atoms with Gasteiger partial charge in [-0.3, -0.25) is 0 Å². The molecule has 0 aromatic heterocycles. The van der Waals surface area contributed by atoms with Crippen molar-refractivity contribution in [1.82, 2.24) is 0 Å². The van der Waals surface area contributed by atoms with Gasteiger partial charge in [0.05, 0.1) is 0 Å². The van der Waals surface area contributed by atoms with Crippen molar-refractivity contribution in [2.24, 2.45) is 17.8 Å². The summed E-state index contributed by atoms with van der Waals surface area (Å²) in [6.45, 7) is 4.34. The second-order valence-electron chi connectivity index (χ2n) is 7.35. The molecular formula is C20H34O2. The molecule has 2 heteroatoms. The van der Waals surface area contributed by atoms with Gasteiger partial charge in [-0.05, 0) is 62.7 Å². The van der Waals surface area contributed by atoms with Crippen molar-refractivity contribution in [3.63, 3.8) is 0 Å². The first-order valence-electron chi connectivity index (χ1n) is 9.60. The lowest BCUT2D eigenvalue weighted by molar-refractivity contribution is -0.145. The Morgan fingerprint density at radius 3 is 2.09 bits per heavy atom. The molecule has 0 aromatic rings. The molecule has 0 radical (unpaired) electrons. The van der Waals surface area contributed by atoms with Crippen molar-refractivity contribution in [3.05, 3.63) is 12.2 Å². The van der Waals surface area contributed by atoms with E-state index in [0.717, 1.165) is 37.0 Å². The quantitative estimate of drug-likeness (QED) is 0.467. The molecule has 2 saturated carbocycles. The van der Waals surface area contributed by atoms with Crippen LogP contribution < -0.4 is 0 Å². The van der Waals surface area contributed by atoms with Crippen LogP contribution in [-0.2, 0) is 9.53 Å². The second kappa shape index (κ2) is 9.37. The minimum Gasteiger partial charge on any atom is -0.459 e. The smallest absolute Gasteiger partial charge is 0.330 e. The summed E-state index contributed by atoms with van der Waals surface area (Å²) in [5.74, 6) is 2.70. The maximum atomic E-state index is 11.6. The lowest BCUT2D eigenvalue weighted by atomic mass is 9.70. The van der Waals surface area contributed by atoms with Crippen molar-refractivity contribution >= 4 is 5.97 Å². The van der Waals surface area contributed by atoms with Crippen LogP contribution in [0.1, 0.15) is 84.5 Å². The fourth-order valence-corrected chi connectivity index (χ4v) is 4.45. The van der Waals surface area contributed by atoms with E-state index < -0.39 is 0 Å². The van der Waals surface area contributed by atoms with Gasteiger partial charge in [-0.15, -0.1) is 0 Å². The third kappa shape index (κ3) is 5.44. The average Bonchev–Trinajstić information content (AvgIpc) is 2.55. The van der Waals surface area contributed by atoms with Crippen molar-refractivity contribution in [2.75, 3.05) is 0 Å². The van der Waals surface area contributed by atoms with Gasteiger partial charge >= 0.3 is 5.97 Å². The molecule has 0 bridgehead atoms. The summed E-state index contributed by atoms with van der Waals surface area (Å²) in [5, 5.41) is 0. The van der Waals surface area contributed by atoms with Crippen LogP contribution in [0.5, 0.6) is 0 Å². The third-order valence-corrected chi connectivity index (χ3v) is 5.75. The first kappa shape index (κ1) is 17.6. The van der Waals surface area contributed by atoms with E-state index in [9.17, 15) is 4.79 Å². The zero-order chi connectivity index (χ0) is 15.8. The molecule has 126 valence electrons. The van der Waals surface area contributed by atoms with Gasteiger partial charge < -0.3 is 4.74 Å². The Balaban J connectivity index is 1.67. The SMILES string of the molecule is CC/C=C/C(=O)OC1CCC(C2CCC(CCC)CC2)CC1. The normalized spacial score (nSPS) is 33.0. The molecule has 0 amide bonds. The van der Waals surface area contributed by atoms with Crippen LogP contribution in [0.25, 0.3) is 0 Å². The molecule has 0 saturated heterocycles. The van der Waals surface area contributed by atoms with Gasteiger partial charge in [-0.25, -0.2) is 4.79 Å². The summed E-state index contributed by atoms with van der Waals surface area (Å²) in [6.07, 6.45) is 17.8. The minimum atomic E-state index is -0.148. The highest BCUT2D eigenvalue weighted by Crippen LogP contribution is 2.41. The van der Waals surface area contributed by atoms with Gasteiger partial charge in [0.15, 0.2) is 0 Å². The molecule has 2 rings (SSSR count). The van der Waals surface area contributed by atoms with E-state index in [1.54, 1.807) is 6.08 Å². The summed E-state index contributed by atoms with van der Waals surface area (Å²) in [7, 11) is 0. The van der Waals surface area contributed by atoms with E-state index in [4.69, 9.17) is 4.74 Å². The van der Waals surface area contributed by atoms with Crippen LogP contribution in [0.3, 0.4) is 0 Å². The maximum Gasteiger partial charge on any atom is 0.330 e. The summed E-state index contributed by atoms with van der Waals surface area (Å²) in [6, 6.07) is 0. The Morgan fingerprint density at radius 2 is 1.55 bits per heavy atom. The highest BCUT2D eigenvalue weighted by Gasteiger charge is 2.31. The van der Waals surface area contributed by atoms with E-state index in [1.807, 2.05) is 13.0 Å². The predicted molar refractivity (Wildman–Crippen MR) is 91.6 cm³/mol. The maximum absolute atomic E-state index is 11.6. The number of ether oxygens (including phenoxy) is 1. The number of hydrogen-bond acceptors (Lipinski definition) is 2. The van der Waals surface area contributed by atoms with Crippen molar-refractivity contribution < 1.29 is 9.53 Å².